The highest BCUT2D eigenvalue weighted by atomic mass is 15.0. The van der Waals surface area contributed by atoms with Gasteiger partial charge in [0, 0.05) is 24.5 Å². The van der Waals surface area contributed by atoms with Crippen molar-refractivity contribution in [2.45, 2.75) is 33.4 Å². The lowest BCUT2D eigenvalue weighted by Gasteiger charge is -2.07. The third-order valence-electron chi connectivity index (χ3n) is 1.95. The van der Waals surface area contributed by atoms with Crippen LogP contribution in [0, 0.1) is 6.92 Å². The summed E-state index contributed by atoms with van der Waals surface area (Å²) >= 11 is 0. The Morgan fingerprint density at radius 3 is 2.73 bits per heavy atom. The Bertz CT molecular complexity index is 225. The van der Waals surface area contributed by atoms with Crippen LogP contribution in [0.4, 0.5) is 0 Å². The zero-order valence-corrected chi connectivity index (χ0v) is 7.30. The van der Waals surface area contributed by atoms with Crippen LogP contribution in [0.1, 0.15) is 24.7 Å². The van der Waals surface area contributed by atoms with Crippen molar-refractivity contribution in [2.24, 2.45) is 5.73 Å². The van der Waals surface area contributed by atoms with E-state index in [0.717, 1.165) is 6.54 Å². The first kappa shape index (κ1) is 8.34. The fraction of sp³-hybridized carbons (Fsp3) is 0.556. The number of nitrogens with zero attached hydrogens (tertiary/aromatic N) is 1. The molecule has 0 amide bonds. The summed E-state index contributed by atoms with van der Waals surface area (Å²) in [5.41, 5.74) is 8.13. The minimum atomic E-state index is 0.647. The molecule has 1 aromatic rings. The number of nitrogens with two attached hydrogens (primary N) is 1. The number of rotatable bonds is 3. The minimum absolute atomic E-state index is 0.647. The van der Waals surface area contributed by atoms with Gasteiger partial charge in [-0.2, -0.15) is 0 Å². The van der Waals surface area contributed by atoms with Crippen LogP contribution in [0.5, 0.6) is 0 Å². The van der Waals surface area contributed by atoms with Crippen LogP contribution in [0.25, 0.3) is 0 Å². The van der Waals surface area contributed by atoms with E-state index in [1.54, 1.807) is 0 Å². The molecule has 2 N–H and O–H groups in total. The van der Waals surface area contributed by atoms with Crippen molar-refractivity contribution >= 4 is 0 Å². The second kappa shape index (κ2) is 3.58. The van der Waals surface area contributed by atoms with Gasteiger partial charge in [0.05, 0.1) is 0 Å². The first-order chi connectivity index (χ1) is 5.29. The molecule has 0 atom stereocenters. The fourth-order valence-electron chi connectivity index (χ4n) is 1.35. The molecule has 0 aromatic carbocycles. The summed E-state index contributed by atoms with van der Waals surface area (Å²) in [4.78, 5) is 0. The van der Waals surface area contributed by atoms with E-state index in [9.17, 15) is 0 Å². The maximum atomic E-state index is 5.57. The molecule has 2 nitrogen and oxygen atoms in total. The summed E-state index contributed by atoms with van der Waals surface area (Å²) in [6.45, 7) is 6.04. The molecule has 0 aliphatic heterocycles. The van der Waals surface area contributed by atoms with E-state index in [4.69, 9.17) is 5.73 Å². The summed E-state index contributed by atoms with van der Waals surface area (Å²) < 4.78 is 2.28. The smallest absolute Gasteiger partial charge is 0.0334 e. The molecule has 0 aliphatic rings. The minimum Gasteiger partial charge on any atom is -0.348 e. The summed E-state index contributed by atoms with van der Waals surface area (Å²) in [6, 6.07) is 4.23. The van der Waals surface area contributed by atoms with Crippen molar-refractivity contribution in [2.75, 3.05) is 0 Å². The maximum absolute atomic E-state index is 5.57. The second-order valence-corrected chi connectivity index (χ2v) is 2.82. The van der Waals surface area contributed by atoms with Gasteiger partial charge in [0.1, 0.15) is 0 Å². The van der Waals surface area contributed by atoms with E-state index in [0.29, 0.717) is 6.54 Å². The average Bonchev–Trinajstić information content (AvgIpc) is 2.34. The van der Waals surface area contributed by atoms with E-state index in [1.807, 2.05) is 0 Å². The highest BCUT2D eigenvalue weighted by Crippen LogP contribution is 2.07. The van der Waals surface area contributed by atoms with Gasteiger partial charge in [-0.3, -0.25) is 0 Å². The van der Waals surface area contributed by atoms with Gasteiger partial charge in [-0.15, -0.1) is 0 Å². The lowest BCUT2D eigenvalue weighted by atomic mass is 10.4. The number of aromatic nitrogens is 1. The fourth-order valence-corrected chi connectivity index (χ4v) is 1.35. The van der Waals surface area contributed by atoms with Crippen LogP contribution < -0.4 is 5.73 Å². The van der Waals surface area contributed by atoms with Gasteiger partial charge in [0.2, 0.25) is 0 Å². The average molecular weight is 152 g/mol. The van der Waals surface area contributed by atoms with Crippen molar-refractivity contribution < 1.29 is 0 Å². The lowest BCUT2D eigenvalue weighted by Crippen LogP contribution is -2.08. The van der Waals surface area contributed by atoms with Gasteiger partial charge in [0.15, 0.2) is 0 Å². The van der Waals surface area contributed by atoms with Gasteiger partial charge in [-0.05, 0) is 25.5 Å². The molecule has 0 radical (unpaired) electrons. The zero-order chi connectivity index (χ0) is 8.27. The summed E-state index contributed by atoms with van der Waals surface area (Å²) in [6.07, 6.45) is 1.17. The third-order valence-corrected chi connectivity index (χ3v) is 1.95. The Hall–Kier alpha value is -0.760. The van der Waals surface area contributed by atoms with Crippen molar-refractivity contribution in [3.05, 3.63) is 23.5 Å². The van der Waals surface area contributed by atoms with Gasteiger partial charge < -0.3 is 10.3 Å². The van der Waals surface area contributed by atoms with Crippen molar-refractivity contribution in [3.8, 4) is 0 Å². The van der Waals surface area contributed by atoms with E-state index in [2.05, 4.69) is 30.5 Å². The van der Waals surface area contributed by atoms with Crippen LogP contribution in [0.2, 0.25) is 0 Å². The Morgan fingerprint density at radius 1 is 1.45 bits per heavy atom. The van der Waals surface area contributed by atoms with Gasteiger partial charge in [0.25, 0.3) is 0 Å². The molecule has 0 aliphatic carbocycles. The monoisotopic (exact) mass is 152 g/mol. The van der Waals surface area contributed by atoms with Crippen LogP contribution in [0.3, 0.4) is 0 Å². The first-order valence-electron chi connectivity index (χ1n) is 4.14. The molecule has 62 valence electrons. The molecule has 0 saturated carbocycles. The first-order valence-corrected chi connectivity index (χ1v) is 4.14. The zero-order valence-electron chi connectivity index (χ0n) is 7.30. The Morgan fingerprint density at radius 2 is 2.18 bits per heavy atom. The van der Waals surface area contributed by atoms with Crippen molar-refractivity contribution in [3.63, 3.8) is 0 Å². The maximum Gasteiger partial charge on any atom is 0.0334 e. The van der Waals surface area contributed by atoms with Crippen molar-refractivity contribution in [1.82, 2.24) is 4.57 Å². The quantitative estimate of drug-likeness (QED) is 0.701. The number of hydrogen-bond donors (Lipinski definition) is 1. The molecule has 0 fully saturated rings. The molecule has 0 spiro atoms. The largest absolute Gasteiger partial charge is 0.348 e. The predicted molar refractivity (Wildman–Crippen MR) is 47.4 cm³/mol. The normalized spacial score (nSPS) is 10.5. The highest BCUT2D eigenvalue weighted by Gasteiger charge is 2.00. The van der Waals surface area contributed by atoms with Crippen LogP contribution >= 0.6 is 0 Å². The predicted octanol–water partition coefficient (Wildman–Crippen LogP) is 1.67. The third kappa shape index (κ3) is 1.63. The van der Waals surface area contributed by atoms with E-state index in [1.165, 1.54) is 17.8 Å². The van der Waals surface area contributed by atoms with E-state index in [-0.39, 0.29) is 0 Å². The van der Waals surface area contributed by atoms with Crippen LogP contribution in [-0.2, 0) is 13.1 Å². The Balaban J connectivity index is 2.88. The van der Waals surface area contributed by atoms with Crippen molar-refractivity contribution in [1.29, 1.82) is 0 Å². The lowest BCUT2D eigenvalue weighted by molar-refractivity contribution is 0.634. The summed E-state index contributed by atoms with van der Waals surface area (Å²) in [5, 5.41) is 0. The molecule has 0 unspecified atom stereocenters. The molecule has 1 aromatic heterocycles. The van der Waals surface area contributed by atoms with E-state index < -0.39 is 0 Å². The van der Waals surface area contributed by atoms with E-state index >= 15 is 0 Å². The molecule has 0 bridgehead atoms. The molecule has 11 heavy (non-hydrogen) atoms. The molecule has 1 heterocycles. The van der Waals surface area contributed by atoms with Gasteiger partial charge in [-0.25, -0.2) is 0 Å². The SMILES string of the molecule is CCCn1c(C)ccc1CN. The number of hydrogen-bond acceptors (Lipinski definition) is 1. The molecule has 1 rings (SSSR count). The second-order valence-electron chi connectivity index (χ2n) is 2.82. The Labute approximate surface area is 68.0 Å². The molecule has 2 heteroatoms. The standard InChI is InChI=1S/C9H16N2/c1-3-6-11-8(2)4-5-9(11)7-10/h4-5H,3,6-7,10H2,1-2H3. The summed E-state index contributed by atoms with van der Waals surface area (Å²) in [7, 11) is 0. The Kier molecular flexibility index (Phi) is 2.71. The van der Waals surface area contributed by atoms with Gasteiger partial charge in [-0.1, -0.05) is 6.92 Å². The van der Waals surface area contributed by atoms with Crippen LogP contribution in [0.15, 0.2) is 12.1 Å². The highest BCUT2D eigenvalue weighted by molar-refractivity contribution is 5.14. The number of aryl methyl sites for hydroxylation is 1. The molecular formula is C9H16N2. The summed E-state index contributed by atoms with van der Waals surface area (Å²) in [5.74, 6) is 0. The topological polar surface area (TPSA) is 30.9 Å². The van der Waals surface area contributed by atoms with Gasteiger partial charge >= 0.3 is 0 Å². The molecule has 0 saturated heterocycles. The molecular weight excluding hydrogens is 136 g/mol. The van der Waals surface area contributed by atoms with Crippen LogP contribution in [-0.4, -0.2) is 4.57 Å².